The van der Waals surface area contributed by atoms with Gasteiger partial charge >= 0.3 is 0 Å². The molecule has 1 aliphatic heterocycles. The summed E-state index contributed by atoms with van der Waals surface area (Å²) in [4.78, 5) is 2.17. The van der Waals surface area contributed by atoms with Crippen LogP contribution in [0.3, 0.4) is 0 Å². The lowest BCUT2D eigenvalue weighted by atomic mass is 9.88. The number of aryl methyl sites for hydroxylation is 1. The molecule has 1 aromatic rings. The van der Waals surface area contributed by atoms with Gasteiger partial charge in [-0.1, -0.05) is 6.92 Å². The van der Waals surface area contributed by atoms with E-state index in [2.05, 4.69) is 22.0 Å². The molecule has 2 N–H and O–H groups in total. The van der Waals surface area contributed by atoms with Gasteiger partial charge in [0.15, 0.2) is 5.82 Å². The van der Waals surface area contributed by atoms with Crippen LogP contribution < -0.4 is 10.6 Å². The summed E-state index contributed by atoms with van der Waals surface area (Å²) in [6.45, 7) is 5.93. The van der Waals surface area contributed by atoms with Gasteiger partial charge in [0.05, 0.1) is 11.7 Å². The highest BCUT2D eigenvalue weighted by molar-refractivity contribution is 5.44. The van der Waals surface area contributed by atoms with Gasteiger partial charge in [0.1, 0.15) is 0 Å². The normalized spacial score (nSPS) is 19.2. The number of nitrogens with zero attached hydrogens (tertiary/aromatic N) is 3. The number of aromatic nitrogens is 2. The highest BCUT2D eigenvalue weighted by Crippen LogP contribution is 2.26. The van der Waals surface area contributed by atoms with Crippen LogP contribution in [0.1, 0.15) is 18.9 Å². The minimum atomic E-state index is -0.00851. The second kappa shape index (κ2) is 3.20. The van der Waals surface area contributed by atoms with Crippen molar-refractivity contribution in [2.45, 2.75) is 25.8 Å². The van der Waals surface area contributed by atoms with Gasteiger partial charge in [-0.05, 0) is 25.0 Å². The topological polar surface area (TPSA) is 55.0 Å². The van der Waals surface area contributed by atoms with Gasteiger partial charge in [-0.3, -0.25) is 0 Å². The van der Waals surface area contributed by atoms with Crippen molar-refractivity contribution in [3.63, 3.8) is 0 Å². The van der Waals surface area contributed by atoms with E-state index in [0.717, 1.165) is 30.9 Å². The average molecular weight is 192 g/mol. The summed E-state index contributed by atoms with van der Waals surface area (Å²) in [6.07, 6.45) is 2.78. The van der Waals surface area contributed by atoms with E-state index in [-0.39, 0.29) is 5.54 Å². The van der Waals surface area contributed by atoms with E-state index in [4.69, 9.17) is 5.73 Å². The van der Waals surface area contributed by atoms with Crippen LogP contribution in [-0.4, -0.2) is 28.8 Å². The Kier molecular flexibility index (Phi) is 2.15. The van der Waals surface area contributed by atoms with Gasteiger partial charge in [-0.2, -0.15) is 5.10 Å². The summed E-state index contributed by atoms with van der Waals surface area (Å²) < 4.78 is 0. The maximum atomic E-state index is 6.08. The summed E-state index contributed by atoms with van der Waals surface area (Å²) in [6, 6.07) is 2.04. The van der Waals surface area contributed by atoms with E-state index in [1.165, 1.54) is 0 Å². The van der Waals surface area contributed by atoms with Crippen LogP contribution >= 0.6 is 0 Å². The summed E-state index contributed by atoms with van der Waals surface area (Å²) >= 11 is 0. The van der Waals surface area contributed by atoms with Crippen molar-refractivity contribution in [1.29, 1.82) is 0 Å². The molecular weight excluding hydrogens is 176 g/mol. The Morgan fingerprint density at radius 1 is 1.57 bits per heavy atom. The molecule has 1 fully saturated rings. The van der Waals surface area contributed by atoms with Gasteiger partial charge in [0.25, 0.3) is 0 Å². The Bertz CT molecular complexity index is 331. The van der Waals surface area contributed by atoms with Gasteiger partial charge in [0, 0.05) is 13.1 Å². The van der Waals surface area contributed by atoms with Crippen LogP contribution in [0, 0.1) is 6.92 Å². The Hall–Kier alpha value is -1.16. The Morgan fingerprint density at radius 3 is 2.86 bits per heavy atom. The molecule has 0 spiro atoms. The molecule has 14 heavy (non-hydrogen) atoms. The molecule has 0 unspecified atom stereocenters. The van der Waals surface area contributed by atoms with Gasteiger partial charge < -0.3 is 10.6 Å². The zero-order valence-electron chi connectivity index (χ0n) is 8.70. The van der Waals surface area contributed by atoms with E-state index >= 15 is 0 Å². The monoisotopic (exact) mass is 192 g/mol. The molecule has 0 aliphatic carbocycles. The SMILES string of the molecule is CCC1(N)CN(c2cc(C)cnn2)C1. The minimum Gasteiger partial charge on any atom is -0.351 e. The number of hydrogen-bond donors (Lipinski definition) is 1. The molecule has 0 atom stereocenters. The van der Waals surface area contributed by atoms with Crippen molar-refractivity contribution in [2.75, 3.05) is 18.0 Å². The Morgan fingerprint density at radius 2 is 2.29 bits per heavy atom. The summed E-state index contributed by atoms with van der Waals surface area (Å²) in [5, 5.41) is 8.01. The lowest BCUT2D eigenvalue weighted by Crippen LogP contribution is -2.67. The molecular formula is C10H16N4. The summed E-state index contributed by atoms with van der Waals surface area (Å²) in [5.74, 6) is 0.944. The second-order valence-electron chi connectivity index (χ2n) is 4.16. The van der Waals surface area contributed by atoms with Crippen molar-refractivity contribution in [2.24, 2.45) is 5.73 Å². The molecule has 1 aliphatic rings. The third-order valence-electron chi connectivity index (χ3n) is 2.82. The highest BCUT2D eigenvalue weighted by Gasteiger charge is 2.38. The van der Waals surface area contributed by atoms with E-state index in [9.17, 15) is 0 Å². The molecule has 1 saturated heterocycles. The first-order valence-corrected chi connectivity index (χ1v) is 4.96. The van der Waals surface area contributed by atoms with Crippen LogP contribution in [0.25, 0.3) is 0 Å². The molecule has 2 heterocycles. The molecule has 1 aromatic heterocycles. The zero-order valence-corrected chi connectivity index (χ0v) is 8.70. The average Bonchev–Trinajstić information content (AvgIpc) is 2.13. The van der Waals surface area contributed by atoms with Crippen molar-refractivity contribution in [3.05, 3.63) is 17.8 Å². The molecule has 0 bridgehead atoms. The fraction of sp³-hybridized carbons (Fsp3) is 0.600. The van der Waals surface area contributed by atoms with E-state index < -0.39 is 0 Å². The first kappa shape index (κ1) is 9.40. The lowest BCUT2D eigenvalue weighted by Gasteiger charge is -2.47. The third kappa shape index (κ3) is 1.57. The van der Waals surface area contributed by atoms with Gasteiger partial charge in [-0.25, -0.2) is 0 Å². The van der Waals surface area contributed by atoms with Gasteiger partial charge in [0.2, 0.25) is 0 Å². The highest BCUT2D eigenvalue weighted by atomic mass is 15.3. The number of rotatable bonds is 2. The minimum absolute atomic E-state index is 0.00851. The van der Waals surface area contributed by atoms with E-state index in [1.807, 2.05) is 13.0 Å². The summed E-state index contributed by atoms with van der Waals surface area (Å²) in [7, 11) is 0. The molecule has 76 valence electrons. The predicted octanol–water partition coefficient (Wildman–Crippen LogP) is 0.713. The first-order valence-electron chi connectivity index (χ1n) is 4.96. The first-order chi connectivity index (χ1) is 6.63. The molecule has 0 aromatic carbocycles. The molecule has 0 radical (unpaired) electrons. The van der Waals surface area contributed by atoms with Crippen molar-refractivity contribution in [3.8, 4) is 0 Å². The van der Waals surface area contributed by atoms with Crippen molar-refractivity contribution >= 4 is 5.82 Å². The Balaban J connectivity index is 2.06. The number of nitrogens with two attached hydrogens (primary N) is 1. The van der Waals surface area contributed by atoms with Crippen LogP contribution in [0.15, 0.2) is 12.3 Å². The zero-order chi connectivity index (χ0) is 10.2. The summed E-state index contributed by atoms with van der Waals surface area (Å²) in [5.41, 5.74) is 7.21. The van der Waals surface area contributed by atoms with Crippen LogP contribution in [-0.2, 0) is 0 Å². The predicted molar refractivity (Wildman–Crippen MR) is 56.2 cm³/mol. The standard InChI is InChI=1S/C10H16N4/c1-3-10(11)6-14(7-10)9-4-8(2)5-12-13-9/h4-5H,3,6-7,11H2,1-2H3. The maximum Gasteiger partial charge on any atom is 0.151 e. The van der Waals surface area contributed by atoms with Crippen LogP contribution in [0.4, 0.5) is 5.82 Å². The van der Waals surface area contributed by atoms with Crippen LogP contribution in [0.2, 0.25) is 0 Å². The van der Waals surface area contributed by atoms with E-state index in [0.29, 0.717) is 0 Å². The van der Waals surface area contributed by atoms with Crippen LogP contribution in [0.5, 0.6) is 0 Å². The van der Waals surface area contributed by atoms with Crippen molar-refractivity contribution in [1.82, 2.24) is 10.2 Å². The van der Waals surface area contributed by atoms with Gasteiger partial charge in [-0.15, -0.1) is 5.10 Å². The smallest absolute Gasteiger partial charge is 0.151 e. The number of hydrogen-bond acceptors (Lipinski definition) is 4. The largest absolute Gasteiger partial charge is 0.351 e. The fourth-order valence-electron chi connectivity index (χ4n) is 1.70. The molecule has 2 rings (SSSR count). The molecule has 4 heteroatoms. The Labute approximate surface area is 84.1 Å². The lowest BCUT2D eigenvalue weighted by molar-refractivity contribution is 0.319. The van der Waals surface area contributed by atoms with Crippen molar-refractivity contribution < 1.29 is 0 Å². The molecule has 0 saturated carbocycles. The fourth-order valence-corrected chi connectivity index (χ4v) is 1.70. The second-order valence-corrected chi connectivity index (χ2v) is 4.16. The molecule has 4 nitrogen and oxygen atoms in total. The van der Waals surface area contributed by atoms with E-state index in [1.54, 1.807) is 6.20 Å². The maximum absolute atomic E-state index is 6.08. The quantitative estimate of drug-likeness (QED) is 0.750. The molecule has 0 amide bonds. The number of anilines is 1. The third-order valence-corrected chi connectivity index (χ3v) is 2.82.